The number of alkyl halides is 3. The third-order valence-corrected chi connectivity index (χ3v) is 2.78. The van der Waals surface area contributed by atoms with Crippen molar-refractivity contribution in [2.75, 3.05) is 6.61 Å². The number of ether oxygens (including phenoxy) is 2. The maximum atomic E-state index is 12.1. The molecule has 0 aliphatic carbocycles. The van der Waals surface area contributed by atoms with E-state index in [1.165, 1.54) is 25.3 Å². The van der Waals surface area contributed by atoms with Crippen molar-refractivity contribution in [1.29, 1.82) is 0 Å². The van der Waals surface area contributed by atoms with Gasteiger partial charge in [0.15, 0.2) is 6.61 Å². The molecule has 1 atom stereocenters. The minimum Gasteiger partial charge on any atom is -0.468 e. The fraction of sp³-hybridized carbons (Fsp3) is 0.562. The van der Waals surface area contributed by atoms with Gasteiger partial charge in [-0.25, -0.2) is 9.78 Å². The zero-order valence-electron chi connectivity index (χ0n) is 14.9. The van der Waals surface area contributed by atoms with E-state index in [1.807, 2.05) is 0 Å². The fourth-order valence-corrected chi connectivity index (χ4v) is 1.69. The van der Waals surface area contributed by atoms with Crippen LogP contribution < -0.4 is 15.4 Å². The number of rotatable bonds is 6. The molecule has 0 aliphatic rings. The van der Waals surface area contributed by atoms with Crippen LogP contribution in [0.25, 0.3) is 0 Å². The average molecular weight is 377 g/mol. The molecule has 10 heteroatoms. The molecule has 1 rings (SSSR count). The Kier molecular flexibility index (Phi) is 7.22. The Morgan fingerprint density at radius 1 is 1.27 bits per heavy atom. The number of halogens is 3. The van der Waals surface area contributed by atoms with E-state index in [-0.39, 0.29) is 12.4 Å². The molecule has 0 unspecified atom stereocenters. The van der Waals surface area contributed by atoms with Gasteiger partial charge in [0.25, 0.3) is 0 Å². The summed E-state index contributed by atoms with van der Waals surface area (Å²) in [7, 11) is 0. The molecule has 1 aromatic heterocycles. The SMILES string of the molecule is C[C@@H](NC(=O)OC(C)(C)C)C(=O)NCc1ccnc(OCC(F)(F)F)c1. The number of hydrogen-bond donors (Lipinski definition) is 2. The van der Waals surface area contributed by atoms with Gasteiger partial charge in [-0.1, -0.05) is 0 Å². The molecule has 7 nitrogen and oxygen atoms in total. The highest BCUT2D eigenvalue weighted by Gasteiger charge is 2.28. The van der Waals surface area contributed by atoms with Crippen molar-refractivity contribution in [3.8, 4) is 5.88 Å². The molecule has 2 amide bonds. The lowest BCUT2D eigenvalue weighted by Gasteiger charge is -2.21. The molecule has 0 saturated heterocycles. The molecule has 2 N–H and O–H groups in total. The van der Waals surface area contributed by atoms with E-state index >= 15 is 0 Å². The second kappa shape index (κ2) is 8.72. The van der Waals surface area contributed by atoms with E-state index in [9.17, 15) is 22.8 Å². The topological polar surface area (TPSA) is 89.5 Å². The van der Waals surface area contributed by atoms with Gasteiger partial charge in [-0.3, -0.25) is 4.79 Å². The highest BCUT2D eigenvalue weighted by molar-refractivity contribution is 5.85. The third-order valence-electron chi connectivity index (χ3n) is 2.78. The Morgan fingerprint density at radius 3 is 2.50 bits per heavy atom. The number of hydrogen-bond acceptors (Lipinski definition) is 5. The molecule has 1 heterocycles. The van der Waals surface area contributed by atoms with Gasteiger partial charge in [0, 0.05) is 18.8 Å². The van der Waals surface area contributed by atoms with Crippen molar-refractivity contribution in [2.45, 2.75) is 52.1 Å². The summed E-state index contributed by atoms with van der Waals surface area (Å²) < 4.78 is 46.0. The normalized spacial score (nSPS) is 12.9. The first-order valence-electron chi connectivity index (χ1n) is 7.77. The zero-order chi connectivity index (χ0) is 20.0. The summed E-state index contributed by atoms with van der Waals surface area (Å²) in [4.78, 5) is 27.3. The monoisotopic (exact) mass is 377 g/mol. The largest absolute Gasteiger partial charge is 0.468 e. The molecule has 0 aliphatic heterocycles. The predicted octanol–water partition coefficient (Wildman–Crippen LogP) is 2.55. The average Bonchev–Trinajstić information content (AvgIpc) is 2.48. The summed E-state index contributed by atoms with van der Waals surface area (Å²) in [5.41, 5.74) is -0.195. The van der Waals surface area contributed by atoms with Gasteiger partial charge in [-0.05, 0) is 39.3 Å². The molecule has 0 fully saturated rings. The van der Waals surface area contributed by atoms with Crippen LogP contribution in [0.2, 0.25) is 0 Å². The number of nitrogens with zero attached hydrogens (tertiary/aromatic N) is 1. The van der Waals surface area contributed by atoms with Crippen LogP contribution in [-0.2, 0) is 16.1 Å². The van der Waals surface area contributed by atoms with Crippen molar-refractivity contribution >= 4 is 12.0 Å². The molecule has 146 valence electrons. The maximum absolute atomic E-state index is 12.1. The lowest BCUT2D eigenvalue weighted by molar-refractivity contribution is -0.154. The van der Waals surface area contributed by atoms with Crippen molar-refractivity contribution in [2.24, 2.45) is 0 Å². The molecule has 0 aromatic carbocycles. The van der Waals surface area contributed by atoms with Gasteiger partial charge in [0.1, 0.15) is 11.6 Å². The third kappa shape index (κ3) is 9.09. The van der Waals surface area contributed by atoms with Crippen molar-refractivity contribution < 1.29 is 32.2 Å². The number of carbonyl (C=O) groups excluding carboxylic acids is 2. The van der Waals surface area contributed by atoms with E-state index in [0.29, 0.717) is 5.56 Å². The zero-order valence-corrected chi connectivity index (χ0v) is 14.9. The first-order valence-corrected chi connectivity index (χ1v) is 7.77. The predicted molar refractivity (Wildman–Crippen MR) is 86.5 cm³/mol. The second-order valence-corrected chi connectivity index (χ2v) is 6.49. The summed E-state index contributed by atoms with van der Waals surface area (Å²) in [5, 5.41) is 4.94. The molecule has 26 heavy (non-hydrogen) atoms. The van der Waals surface area contributed by atoms with Gasteiger partial charge in [-0.2, -0.15) is 13.2 Å². The van der Waals surface area contributed by atoms with E-state index in [4.69, 9.17) is 4.74 Å². The van der Waals surface area contributed by atoms with Gasteiger partial charge in [0.2, 0.25) is 11.8 Å². The van der Waals surface area contributed by atoms with Gasteiger partial charge < -0.3 is 20.1 Å². The Bertz CT molecular complexity index is 630. The van der Waals surface area contributed by atoms with Crippen LogP contribution in [0.1, 0.15) is 33.3 Å². The quantitative estimate of drug-likeness (QED) is 0.795. The van der Waals surface area contributed by atoms with E-state index < -0.39 is 36.4 Å². The number of aromatic nitrogens is 1. The van der Waals surface area contributed by atoms with Crippen LogP contribution in [0.4, 0.5) is 18.0 Å². The van der Waals surface area contributed by atoms with Crippen LogP contribution in [0.15, 0.2) is 18.3 Å². The van der Waals surface area contributed by atoms with Gasteiger partial charge in [-0.15, -0.1) is 0 Å². The van der Waals surface area contributed by atoms with Crippen LogP contribution in [0.3, 0.4) is 0 Å². The Morgan fingerprint density at radius 2 is 1.92 bits per heavy atom. The lowest BCUT2D eigenvalue weighted by atomic mass is 10.2. The fourth-order valence-electron chi connectivity index (χ4n) is 1.69. The van der Waals surface area contributed by atoms with Gasteiger partial charge in [0.05, 0.1) is 0 Å². The minimum atomic E-state index is -4.46. The number of pyridine rings is 1. The van der Waals surface area contributed by atoms with E-state index in [1.54, 1.807) is 20.8 Å². The minimum absolute atomic E-state index is 0.0318. The lowest BCUT2D eigenvalue weighted by Crippen LogP contribution is -2.46. The summed E-state index contributed by atoms with van der Waals surface area (Å²) in [6.07, 6.45) is -3.92. The Hall–Kier alpha value is -2.52. The van der Waals surface area contributed by atoms with Crippen molar-refractivity contribution in [1.82, 2.24) is 15.6 Å². The molecular formula is C16H22F3N3O4. The second-order valence-electron chi connectivity index (χ2n) is 6.49. The molecule has 0 radical (unpaired) electrons. The summed E-state index contributed by atoms with van der Waals surface area (Å²) >= 11 is 0. The molecular weight excluding hydrogens is 355 g/mol. The van der Waals surface area contributed by atoms with Crippen LogP contribution in [0, 0.1) is 0 Å². The summed E-state index contributed by atoms with van der Waals surface area (Å²) in [5.74, 6) is -0.681. The van der Waals surface area contributed by atoms with E-state index in [2.05, 4.69) is 20.4 Å². The Labute approximate surface area is 149 Å². The Balaban J connectivity index is 2.50. The van der Waals surface area contributed by atoms with E-state index in [0.717, 1.165) is 0 Å². The molecule has 0 saturated carbocycles. The van der Waals surface area contributed by atoms with Crippen molar-refractivity contribution in [3.05, 3.63) is 23.9 Å². The van der Waals surface area contributed by atoms with Crippen molar-refractivity contribution in [3.63, 3.8) is 0 Å². The first kappa shape index (κ1) is 21.5. The maximum Gasteiger partial charge on any atom is 0.422 e. The highest BCUT2D eigenvalue weighted by Crippen LogP contribution is 2.17. The number of alkyl carbamates (subject to hydrolysis) is 1. The number of carbonyl (C=O) groups is 2. The number of nitrogens with one attached hydrogen (secondary N) is 2. The summed E-state index contributed by atoms with van der Waals surface area (Å²) in [6.45, 7) is 5.14. The summed E-state index contributed by atoms with van der Waals surface area (Å²) in [6, 6.07) is 1.96. The first-order chi connectivity index (χ1) is 11.9. The molecule has 0 bridgehead atoms. The standard InChI is InChI=1S/C16H22F3N3O4/c1-10(22-14(24)26-15(2,3)4)13(23)21-8-11-5-6-20-12(7-11)25-9-16(17,18)19/h5-7,10H,8-9H2,1-4H3,(H,21,23)(H,22,24)/t10-/m1/s1. The smallest absolute Gasteiger partial charge is 0.422 e. The molecule has 1 aromatic rings. The van der Waals surface area contributed by atoms with Crippen LogP contribution in [0.5, 0.6) is 5.88 Å². The van der Waals surface area contributed by atoms with Crippen LogP contribution >= 0.6 is 0 Å². The van der Waals surface area contributed by atoms with Crippen LogP contribution in [-0.4, -0.2) is 41.4 Å². The highest BCUT2D eigenvalue weighted by atomic mass is 19.4. The molecule has 0 spiro atoms. The van der Waals surface area contributed by atoms with Gasteiger partial charge >= 0.3 is 12.3 Å². The number of amides is 2.